The lowest BCUT2D eigenvalue weighted by molar-refractivity contribution is 0.590. The summed E-state index contributed by atoms with van der Waals surface area (Å²) in [7, 11) is 0. The summed E-state index contributed by atoms with van der Waals surface area (Å²) in [4.78, 5) is 24.3. The van der Waals surface area contributed by atoms with Crippen molar-refractivity contribution in [1.82, 2.24) is 9.55 Å². The predicted octanol–water partition coefficient (Wildman–Crippen LogP) is 0.600. The summed E-state index contributed by atoms with van der Waals surface area (Å²) in [6.07, 6.45) is 3.72. The van der Waals surface area contributed by atoms with Gasteiger partial charge in [-0.25, -0.2) is 4.79 Å². The van der Waals surface area contributed by atoms with E-state index in [-0.39, 0.29) is 10.7 Å². The fourth-order valence-electron chi connectivity index (χ4n) is 1.20. The average molecular weight is 201 g/mol. The van der Waals surface area contributed by atoms with E-state index in [2.05, 4.69) is 4.98 Å². The van der Waals surface area contributed by atoms with Crippen LogP contribution in [0.15, 0.2) is 15.8 Å². The maximum Gasteiger partial charge on any atom is 0.328 e. The maximum atomic E-state index is 11.2. The van der Waals surface area contributed by atoms with Gasteiger partial charge in [-0.1, -0.05) is 11.6 Å². The van der Waals surface area contributed by atoms with Crippen LogP contribution in [0.1, 0.15) is 12.8 Å². The van der Waals surface area contributed by atoms with Gasteiger partial charge in [0, 0.05) is 12.7 Å². The average Bonchev–Trinajstić information content (AvgIpc) is 2.84. The van der Waals surface area contributed by atoms with Crippen molar-refractivity contribution >= 4 is 11.6 Å². The molecule has 13 heavy (non-hydrogen) atoms. The molecular weight excluding hydrogens is 192 g/mol. The molecule has 4 nitrogen and oxygen atoms in total. The zero-order chi connectivity index (χ0) is 9.42. The zero-order valence-corrected chi connectivity index (χ0v) is 7.67. The van der Waals surface area contributed by atoms with Crippen molar-refractivity contribution in [2.75, 3.05) is 0 Å². The first-order valence-electron chi connectivity index (χ1n) is 4.16. The number of rotatable bonds is 2. The van der Waals surface area contributed by atoms with Crippen molar-refractivity contribution in [3.05, 3.63) is 32.1 Å². The molecule has 70 valence electrons. The third-order valence-corrected chi connectivity index (χ3v) is 2.39. The first-order chi connectivity index (χ1) is 6.16. The summed E-state index contributed by atoms with van der Waals surface area (Å²) < 4.78 is 1.46. The highest BCUT2D eigenvalue weighted by Crippen LogP contribution is 2.29. The molecule has 2 rings (SSSR count). The van der Waals surface area contributed by atoms with Gasteiger partial charge < -0.3 is 0 Å². The largest absolute Gasteiger partial charge is 0.328 e. The van der Waals surface area contributed by atoms with E-state index in [4.69, 9.17) is 11.6 Å². The van der Waals surface area contributed by atoms with Crippen LogP contribution in [0.5, 0.6) is 0 Å². The topological polar surface area (TPSA) is 54.9 Å². The Morgan fingerprint density at radius 3 is 2.85 bits per heavy atom. The second kappa shape index (κ2) is 3.03. The molecule has 0 unspecified atom stereocenters. The normalized spacial score (nSPS) is 16.1. The van der Waals surface area contributed by atoms with E-state index in [0.29, 0.717) is 12.5 Å². The molecule has 0 aromatic carbocycles. The van der Waals surface area contributed by atoms with Gasteiger partial charge in [0.25, 0.3) is 5.56 Å². The SMILES string of the molecule is O=c1[nH]c(=O)n(CC2CC2)cc1Cl. The molecule has 0 bridgehead atoms. The summed E-state index contributed by atoms with van der Waals surface area (Å²) in [6.45, 7) is 0.662. The molecule has 0 atom stereocenters. The molecule has 0 aliphatic heterocycles. The van der Waals surface area contributed by atoms with Crippen molar-refractivity contribution in [2.24, 2.45) is 5.92 Å². The molecule has 1 N–H and O–H groups in total. The summed E-state index contributed by atoms with van der Waals surface area (Å²) >= 11 is 5.59. The molecule has 1 saturated carbocycles. The maximum absolute atomic E-state index is 11.2. The number of H-pyrrole nitrogens is 1. The van der Waals surface area contributed by atoms with E-state index >= 15 is 0 Å². The zero-order valence-electron chi connectivity index (χ0n) is 6.92. The van der Waals surface area contributed by atoms with Crippen molar-refractivity contribution in [2.45, 2.75) is 19.4 Å². The Balaban J connectivity index is 2.38. The Labute approximate surface area is 79.2 Å². The number of nitrogens with one attached hydrogen (secondary N) is 1. The Kier molecular flexibility index (Phi) is 2.00. The van der Waals surface area contributed by atoms with Gasteiger partial charge >= 0.3 is 5.69 Å². The van der Waals surface area contributed by atoms with Gasteiger partial charge in [-0.2, -0.15) is 0 Å². The van der Waals surface area contributed by atoms with Crippen LogP contribution in [-0.4, -0.2) is 9.55 Å². The van der Waals surface area contributed by atoms with Crippen molar-refractivity contribution in [1.29, 1.82) is 0 Å². The molecule has 0 spiro atoms. The van der Waals surface area contributed by atoms with Crippen LogP contribution in [-0.2, 0) is 6.54 Å². The molecule has 1 aliphatic rings. The van der Waals surface area contributed by atoms with Crippen LogP contribution in [0.3, 0.4) is 0 Å². The second-order valence-electron chi connectivity index (χ2n) is 3.33. The molecule has 1 aliphatic carbocycles. The Morgan fingerprint density at radius 2 is 2.23 bits per heavy atom. The minimum atomic E-state index is -0.515. The van der Waals surface area contributed by atoms with Gasteiger partial charge in [0.15, 0.2) is 0 Å². The van der Waals surface area contributed by atoms with Crippen LogP contribution < -0.4 is 11.2 Å². The van der Waals surface area contributed by atoms with E-state index in [1.807, 2.05) is 0 Å². The lowest BCUT2D eigenvalue weighted by Gasteiger charge is -2.02. The standard InChI is InChI=1S/C8H9ClN2O2/c9-6-4-11(3-5-1-2-5)8(13)10-7(6)12/h4-5H,1-3H2,(H,10,12,13). The third-order valence-electron chi connectivity index (χ3n) is 2.12. The van der Waals surface area contributed by atoms with Gasteiger partial charge in [0.1, 0.15) is 5.02 Å². The lowest BCUT2D eigenvalue weighted by Crippen LogP contribution is -2.30. The second-order valence-corrected chi connectivity index (χ2v) is 3.74. The first kappa shape index (κ1) is 8.56. The molecule has 1 fully saturated rings. The smallest absolute Gasteiger partial charge is 0.299 e. The summed E-state index contributed by atoms with van der Waals surface area (Å²) in [5, 5.41) is 0.0697. The Morgan fingerprint density at radius 1 is 1.54 bits per heavy atom. The first-order valence-corrected chi connectivity index (χ1v) is 4.54. The molecular formula is C8H9ClN2O2. The van der Waals surface area contributed by atoms with Crippen LogP contribution in [0.25, 0.3) is 0 Å². The van der Waals surface area contributed by atoms with Gasteiger partial charge in [-0.3, -0.25) is 14.3 Å². The van der Waals surface area contributed by atoms with Crippen molar-refractivity contribution in [3.8, 4) is 0 Å². The Hall–Kier alpha value is -1.03. The molecule has 5 heteroatoms. The van der Waals surface area contributed by atoms with Crippen molar-refractivity contribution < 1.29 is 0 Å². The minimum absolute atomic E-state index is 0.0697. The molecule has 0 saturated heterocycles. The van der Waals surface area contributed by atoms with Crippen LogP contribution in [0, 0.1) is 5.92 Å². The highest BCUT2D eigenvalue weighted by Gasteiger charge is 2.22. The van der Waals surface area contributed by atoms with Crippen LogP contribution in [0.4, 0.5) is 0 Å². The number of aromatic nitrogens is 2. The fourth-order valence-corrected chi connectivity index (χ4v) is 1.36. The number of hydrogen-bond acceptors (Lipinski definition) is 2. The fraction of sp³-hybridized carbons (Fsp3) is 0.500. The summed E-state index contributed by atoms with van der Waals surface area (Å²) in [6, 6.07) is 0. The van der Waals surface area contributed by atoms with Gasteiger partial charge in [0.05, 0.1) is 0 Å². The molecule has 0 amide bonds. The lowest BCUT2D eigenvalue weighted by atomic mass is 10.4. The molecule has 0 radical (unpaired) electrons. The van der Waals surface area contributed by atoms with Gasteiger partial charge in [-0.15, -0.1) is 0 Å². The van der Waals surface area contributed by atoms with Crippen LogP contribution in [0.2, 0.25) is 5.02 Å². The quantitative estimate of drug-likeness (QED) is 0.760. The number of halogens is 1. The number of aromatic amines is 1. The molecule has 1 heterocycles. The number of hydrogen-bond donors (Lipinski definition) is 1. The van der Waals surface area contributed by atoms with E-state index in [9.17, 15) is 9.59 Å². The number of nitrogens with zero attached hydrogens (tertiary/aromatic N) is 1. The van der Waals surface area contributed by atoms with Gasteiger partial charge in [0.2, 0.25) is 0 Å². The van der Waals surface area contributed by atoms with Gasteiger partial charge in [-0.05, 0) is 18.8 Å². The van der Waals surface area contributed by atoms with E-state index in [1.165, 1.54) is 10.8 Å². The highest BCUT2D eigenvalue weighted by molar-refractivity contribution is 6.30. The Bertz CT molecular complexity index is 431. The summed E-state index contributed by atoms with van der Waals surface area (Å²) in [5.41, 5.74) is -0.889. The van der Waals surface area contributed by atoms with E-state index in [0.717, 1.165) is 12.8 Å². The molecule has 1 aromatic heterocycles. The summed E-state index contributed by atoms with van der Waals surface area (Å²) in [5.74, 6) is 0.583. The predicted molar refractivity (Wildman–Crippen MR) is 49.1 cm³/mol. The van der Waals surface area contributed by atoms with Crippen LogP contribution >= 0.6 is 11.6 Å². The van der Waals surface area contributed by atoms with E-state index in [1.54, 1.807) is 0 Å². The highest BCUT2D eigenvalue weighted by atomic mass is 35.5. The monoisotopic (exact) mass is 200 g/mol. The van der Waals surface area contributed by atoms with Crippen molar-refractivity contribution in [3.63, 3.8) is 0 Å². The van der Waals surface area contributed by atoms with E-state index < -0.39 is 5.56 Å². The molecule has 1 aromatic rings. The third kappa shape index (κ3) is 1.83. The minimum Gasteiger partial charge on any atom is -0.299 e.